The van der Waals surface area contributed by atoms with E-state index in [9.17, 15) is 4.79 Å². The van der Waals surface area contributed by atoms with Gasteiger partial charge in [0, 0.05) is 12.3 Å². The summed E-state index contributed by atoms with van der Waals surface area (Å²) in [6.45, 7) is 2.98. The minimum atomic E-state index is -0.0267. The molecule has 0 fully saturated rings. The number of fused-ring (bicyclic) bond motifs is 1. The van der Waals surface area contributed by atoms with Gasteiger partial charge in [0.05, 0.1) is 6.04 Å². The maximum absolute atomic E-state index is 12.0. The second kappa shape index (κ2) is 9.70. The van der Waals surface area contributed by atoms with Crippen LogP contribution < -0.4 is 11.1 Å². The fourth-order valence-corrected chi connectivity index (χ4v) is 2.84. The highest BCUT2D eigenvalue weighted by atomic mass is 35.5. The van der Waals surface area contributed by atoms with Crippen molar-refractivity contribution in [1.82, 2.24) is 5.32 Å². The van der Waals surface area contributed by atoms with Crippen LogP contribution in [0.1, 0.15) is 56.2 Å². The maximum atomic E-state index is 12.0. The number of nitrogens with two attached hydrogens (primary N) is 1. The third kappa shape index (κ3) is 5.50. The lowest BCUT2D eigenvalue weighted by atomic mass is 9.87. The van der Waals surface area contributed by atoms with Crippen molar-refractivity contribution in [3.63, 3.8) is 0 Å². The Morgan fingerprint density at radius 1 is 1.41 bits per heavy atom. The highest BCUT2D eigenvalue weighted by Crippen LogP contribution is 2.30. The van der Waals surface area contributed by atoms with E-state index >= 15 is 0 Å². The highest BCUT2D eigenvalue weighted by Gasteiger charge is 2.21. The molecule has 0 radical (unpaired) electrons. The van der Waals surface area contributed by atoms with Gasteiger partial charge in [-0.2, -0.15) is 0 Å². The van der Waals surface area contributed by atoms with Crippen molar-refractivity contribution in [2.24, 2.45) is 0 Å². The first kappa shape index (κ1) is 18.8. The number of rotatable bonds is 7. The molecule has 1 aromatic carbocycles. The summed E-state index contributed by atoms with van der Waals surface area (Å²) in [6.07, 6.45) is 6.45. The van der Waals surface area contributed by atoms with Crippen LogP contribution in [0.25, 0.3) is 0 Å². The monoisotopic (exact) mass is 326 g/mol. The fourth-order valence-electron chi connectivity index (χ4n) is 2.84. The smallest absolute Gasteiger partial charge is 0.246 e. The molecule has 0 bridgehead atoms. The second-order valence-corrected chi connectivity index (χ2v) is 5.73. The van der Waals surface area contributed by atoms with Gasteiger partial charge in [0.25, 0.3) is 0 Å². The molecule has 1 aromatic rings. The third-order valence-corrected chi connectivity index (χ3v) is 3.94. The van der Waals surface area contributed by atoms with Gasteiger partial charge in [-0.05, 0) is 48.9 Å². The number of halogens is 1. The summed E-state index contributed by atoms with van der Waals surface area (Å²) in [7, 11) is 0. The molecule has 0 saturated carbocycles. The van der Waals surface area contributed by atoms with Gasteiger partial charge in [-0.3, -0.25) is 4.79 Å². The Morgan fingerprint density at radius 3 is 3.00 bits per heavy atom. The predicted octanol–water partition coefficient (Wildman–Crippen LogP) is 3.39. The number of nitrogen functional groups attached to an aromatic ring is 1. The van der Waals surface area contributed by atoms with Crippen molar-refractivity contribution in [3.8, 4) is 0 Å². The number of anilines is 1. The first-order chi connectivity index (χ1) is 10.2. The number of amides is 1. The van der Waals surface area contributed by atoms with Crippen molar-refractivity contribution in [2.45, 2.75) is 51.5 Å². The van der Waals surface area contributed by atoms with Crippen molar-refractivity contribution in [2.75, 3.05) is 18.9 Å². The van der Waals surface area contributed by atoms with Gasteiger partial charge < -0.3 is 15.8 Å². The molecule has 124 valence electrons. The van der Waals surface area contributed by atoms with E-state index in [0.717, 1.165) is 44.2 Å². The quantitative estimate of drug-likeness (QED) is 0.596. The Hall–Kier alpha value is -1.26. The first-order valence-corrected chi connectivity index (χ1v) is 7.96. The van der Waals surface area contributed by atoms with Crippen LogP contribution in [0.4, 0.5) is 5.69 Å². The number of hydrogen-bond donors (Lipinski definition) is 2. The minimum Gasteiger partial charge on any atom is -0.399 e. The molecule has 5 heteroatoms. The molecule has 22 heavy (non-hydrogen) atoms. The average Bonchev–Trinajstić information content (AvgIpc) is 2.47. The summed E-state index contributed by atoms with van der Waals surface area (Å²) in [5.41, 5.74) is 9.08. The van der Waals surface area contributed by atoms with Gasteiger partial charge in [0.15, 0.2) is 0 Å². The molecule has 3 N–H and O–H groups in total. The number of unbranched alkanes of at least 4 members (excludes halogenated alkanes) is 2. The molecule has 1 unspecified atom stereocenters. The Kier molecular flexibility index (Phi) is 8.28. The molecular formula is C17H27ClN2O2. The Labute approximate surface area is 139 Å². The van der Waals surface area contributed by atoms with E-state index in [1.807, 2.05) is 18.2 Å². The third-order valence-electron chi connectivity index (χ3n) is 3.94. The van der Waals surface area contributed by atoms with E-state index in [2.05, 4.69) is 12.2 Å². The van der Waals surface area contributed by atoms with Crippen LogP contribution >= 0.6 is 12.4 Å². The van der Waals surface area contributed by atoms with Crippen LogP contribution in [-0.2, 0) is 16.0 Å². The van der Waals surface area contributed by atoms with Crippen molar-refractivity contribution < 1.29 is 9.53 Å². The topological polar surface area (TPSA) is 64.3 Å². The molecule has 0 aliphatic heterocycles. The van der Waals surface area contributed by atoms with Gasteiger partial charge in [-0.15, -0.1) is 12.4 Å². The maximum Gasteiger partial charge on any atom is 0.246 e. The highest BCUT2D eigenvalue weighted by molar-refractivity contribution is 5.85. The Morgan fingerprint density at radius 2 is 2.23 bits per heavy atom. The fraction of sp³-hybridized carbons (Fsp3) is 0.588. The molecule has 1 atom stereocenters. The van der Waals surface area contributed by atoms with Gasteiger partial charge in [-0.1, -0.05) is 25.8 Å². The lowest BCUT2D eigenvalue weighted by molar-refractivity contribution is -0.126. The summed E-state index contributed by atoms with van der Waals surface area (Å²) in [5.74, 6) is -0.0267. The van der Waals surface area contributed by atoms with Crippen LogP contribution in [0, 0.1) is 0 Å². The molecular weight excluding hydrogens is 300 g/mol. The summed E-state index contributed by atoms with van der Waals surface area (Å²) in [6, 6.07) is 6.07. The number of hydrogen-bond acceptors (Lipinski definition) is 3. The first-order valence-electron chi connectivity index (χ1n) is 7.96. The number of nitrogens with one attached hydrogen (secondary N) is 1. The van der Waals surface area contributed by atoms with Crippen LogP contribution in [0.2, 0.25) is 0 Å². The lowest BCUT2D eigenvalue weighted by Crippen LogP contribution is -2.33. The average molecular weight is 327 g/mol. The van der Waals surface area contributed by atoms with E-state index in [1.54, 1.807) is 0 Å². The minimum absolute atomic E-state index is 0. The molecule has 0 spiro atoms. The van der Waals surface area contributed by atoms with Gasteiger partial charge in [-0.25, -0.2) is 0 Å². The van der Waals surface area contributed by atoms with E-state index in [0.29, 0.717) is 6.61 Å². The molecule has 0 aromatic heterocycles. The zero-order chi connectivity index (χ0) is 15.1. The largest absolute Gasteiger partial charge is 0.399 e. The van der Waals surface area contributed by atoms with Crippen LogP contribution in [-0.4, -0.2) is 19.1 Å². The normalized spacial score (nSPS) is 16.5. The molecule has 1 amide bonds. The number of benzene rings is 1. The zero-order valence-corrected chi connectivity index (χ0v) is 14.1. The Balaban J connectivity index is 0.00000242. The van der Waals surface area contributed by atoms with Gasteiger partial charge in [0.2, 0.25) is 5.91 Å². The molecule has 2 rings (SSSR count). The van der Waals surface area contributed by atoms with E-state index in [4.69, 9.17) is 10.5 Å². The van der Waals surface area contributed by atoms with E-state index < -0.39 is 0 Å². The molecule has 4 nitrogen and oxygen atoms in total. The standard InChI is InChI=1S/C17H26N2O2.ClH/c1-2-3-4-10-21-12-17(20)19-16-7-5-6-13-11-14(18)8-9-15(13)16;/h8-9,11,16H,2-7,10,12,18H2,1H3,(H,19,20);1H. The Bertz CT molecular complexity index is 480. The number of carbonyl (C=O) groups excluding carboxylic acids is 1. The van der Waals surface area contributed by atoms with E-state index in [1.165, 1.54) is 11.1 Å². The number of ether oxygens (including phenoxy) is 1. The molecule has 1 aliphatic rings. The SMILES string of the molecule is CCCCCOCC(=O)NC1CCCc2cc(N)ccc21.Cl. The van der Waals surface area contributed by atoms with Crippen molar-refractivity contribution >= 4 is 24.0 Å². The van der Waals surface area contributed by atoms with Crippen LogP contribution in [0.15, 0.2) is 18.2 Å². The molecule has 0 heterocycles. The zero-order valence-electron chi connectivity index (χ0n) is 13.3. The lowest BCUT2D eigenvalue weighted by Gasteiger charge is -2.26. The molecule has 1 aliphatic carbocycles. The van der Waals surface area contributed by atoms with Crippen LogP contribution in [0.3, 0.4) is 0 Å². The summed E-state index contributed by atoms with van der Waals surface area (Å²) >= 11 is 0. The van der Waals surface area contributed by atoms with E-state index in [-0.39, 0.29) is 31.0 Å². The number of carbonyl (C=O) groups is 1. The van der Waals surface area contributed by atoms with Crippen molar-refractivity contribution in [1.29, 1.82) is 0 Å². The van der Waals surface area contributed by atoms with Crippen LogP contribution in [0.5, 0.6) is 0 Å². The summed E-state index contributed by atoms with van der Waals surface area (Å²) in [4.78, 5) is 12.0. The molecule has 0 saturated heterocycles. The summed E-state index contributed by atoms with van der Waals surface area (Å²) in [5, 5.41) is 3.08. The second-order valence-electron chi connectivity index (χ2n) is 5.73. The predicted molar refractivity (Wildman–Crippen MR) is 92.3 cm³/mol. The van der Waals surface area contributed by atoms with Gasteiger partial charge >= 0.3 is 0 Å². The van der Waals surface area contributed by atoms with Gasteiger partial charge in [0.1, 0.15) is 6.61 Å². The number of aryl methyl sites for hydroxylation is 1. The summed E-state index contributed by atoms with van der Waals surface area (Å²) < 4.78 is 5.41. The van der Waals surface area contributed by atoms with Crippen molar-refractivity contribution in [3.05, 3.63) is 29.3 Å².